The Balaban J connectivity index is 1.74. The largest absolute Gasteiger partial charge is 0.399 e. The molecule has 0 aliphatic heterocycles. The number of ether oxygens (including phenoxy) is 2. The number of nitrogen functional groups attached to an aromatic ring is 1. The van der Waals surface area contributed by atoms with E-state index in [-0.39, 0.29) is 29.9 Å². The van der Waals surface area contributed by atoms with Crippen LogP contribution in [0.15, 0.2) is 47.4 Å². The number of benzene rings is 2. The molecule has 0 radical (unpaired) electrons. The van der Waals surface area contributed by atoms with E-state index in [2.05, 4.69) is 15.4 Å². The molecule has 2 aromatic rings. The number of likely N-dealkylation sites (N-methyl/N-ethyl adjacent to an activating group) is 1. The van der Waals surface area contributed by atoms with Gasteiger partial charge in [-0.15, -0.1) is 0 Å². The lowest BCUT2D eigenvalue weighted by Gasteiger charge is -2.25. The maximum atomic E-state index is 13.2. The number of hydrogen-bond donors (Lipinski definition) is 4. The highest BCUT2D eigenvalue weighted by molar-refractivity contribution is 7.97. The number of aldehydes is 2. The summed E-state index contributed by atoms with van der Waals surface area (Å²) in [5.74, 6) is -0.722. The van der Waals surface area contributed by atoms with Crippen LogP contribution in [0.4, 0.5) is 11.4 Å². The van der Waals surface area contributed by atoms with E-state index in [0.717, 1.165) is 10.6 Å². The Morgan fingerprint density at radius 3 is 2.36 bits per heavy atom. The van der Waals surface area contributed by atoms with Crippen LogP contribution < -0.4 is 21.1 Å². The van der Waals surface area contributed by atoms with Crippen molar-refractivity contribution in [2.75, 3.05) is 64.7 Å². The first kappa shape index (κ1) is 31.8. The van der Waals surface area contributed by atoms with E-state index in [1.165, 1.54) is 37.0 Å². The molecule has 11 nitrogen and oxygen atoms in total. The molecule has 0 aliphatic rings. The molecule has 0 fully saturated rings. The van der Waals surface area contributed by atoms with Crippen molar-refractivity contribution in [2.45, 2.75) is 23.8 Å². The highest BCUT2D eigenvalue weighted by atomic mass is 32.2. The Labute approximate surface area is 233 Å². The predicted molar refractivity (Wildman–Crippen MR) is 152 cm³/mol. The summed E-state index contributed by atoms with van der Waals surface area (Å²) in [6, 6.07) is 11.7. The molecule has 0 saturated heterocycles. The van der Waals surface area contributed by atoms with E-state index < -0.39 is 11.9 Å². The highest BCUT2D eigenvalue weighted by Crippen LogP contribution is 2.22. The molecule has 0 saturated carbocycles. The summed E-state index contributed by atoms with van der Waals surface area (Å²) in [5, 5.41) is 5.62. The van der Waals surface area contributed by atoms with Gasteiger partial charge in [-0.25, -0.2) is 0 Å². The summed E-state index contributed by atoms with van der Waals surface area (Å²) in [6.45, 7) is 2.79. The molecule has 2 aromatic carbocycles. The number of carbonyl (C=O) groups is 4. The van der Waals surface area contributed by atoms with Crippen molar-refractivity contribution in [3.05, 3.63) is 53.6 Å². The number of rotatable bonds is 19. The SMILES string of the molecule is CNC(=O)CCC(C=O)N(C)C(=O)c1c(C=O)cccc1NCCOCCOCCNSc1ccc(N)cc1. The molecule has 39 heavy (non-hydrogen) atoms. The van der Waals surface area contributed by atoms with Crippen LogP contribution in [0.2, 0.25) is 0 Å². The highest BCUT2D eigenvalue weighted by Gasteiger charge is 2.25. The first-order valence-electron chi connectivity index (χ1n) is 12.6. The molecular formula is C27H37N5O6S. The maximum Gasteiger partial charge on any atom is 0.257 e. The van der Waals surface area contributed by atoms with Crippen molar-refractivity contribution < 1.29 is 28.7 Å². The van der Waals surface area contributed by atoms with Gasteiger partial charge < -0.3 is 35.5 Å². The molecule has 1 unspecified atom stereocenters. The summed E-state index contributed by atoms with van der Waals surface area (Å²) in [4.78, 5) is 50.4. The number of nitrogens with zero attached hydrogens (tertiary/aromatic N) is 1. The average Bonchev–Trinajstić information content (AvgIpc) is 2.96. The second kappa shape index (κ2) is 17.9. The average molecular weight is 560 g/mol. The first-order chi connectivity index (χ1) is 18.9. The van der Waals surface area contributed by atoms with E-state index in [1.807, 2.05) is 24.3 Å². The van der Waals surface area contributed by atoms with Crippen LogP contribution in [-0.4, -0.2) is 88.9 Å². The van der Waals surface area contributed by atoms with Gasteiger partial charge in [0.25, 0.3) is 5.91 Å². The molecular weight excluding hydrogens is 522 g/mol. The Bertz CT molecular complexity index is 1070. The second-order valence-electron chi connectivity index (χ2n) is 8.44. The topological polar surface area (TPSA) is 152 Å². The summed E-state index contributed by atoms with van der Waals surface area (Å²) in [7, 11) is 2.98. The van der Waals surface area contributed by atoms with Gasteiger partial charge in [-0.1, -0.05) is 12.1 Å². The van der Waals surface area contributed by atoms with Crippen LogP contribution in [0, 0.1) is 0 Å². The van der Waals surface area contributed by atoms with E-state index in [9.17, 15) is 19.2 Å². The molecule has 12 heteroatoms. The van der Waals surface area contributed by atoms with Crippen LogP contribution in [-0.2, 0) is 19.1 Å². The zero-order valence-electron chi connectivity index (χ0n) is 22.3. The molecule has 0 spiro atoms. The third kappa shape index (κ3) is 11.1. The van der Waals surface area contributed by atoms with Gasteiger partial charge in [-0.05, 0) is 48.7 Å². The fraction of sp³-hybridized carbons (Fsp3) is 0.407. The predicted octanol–water partition coefficient (Wildman–Crippen LogP) is 1.99. The van der Waals surface area contributed by atoms with Gasteiger partial charge in [0.15, 0.2) is 6.29 Å². The Morgan fingerprint density at radius 2 is 1.72 bits per heavy atom. The van der Waals surface area contributed by atoms with Gasteiger partial charge in [-0.3, -0.25) is 19.1 Å². The smallest absolute Gasteiger partial charge is 0.257 e. The normalized spacial score (nSPS) is 11.4. The van der Waals surface area contributed by atoms with Gasteiger partial charge in [0.1, 0.15) is 6.29 Å². The van der Waals surface area contributed by atoms with Crippen molar-refractivity contribution in [1.29, 1.82) is 0 Å². The van der Waals surface area contributed by atoms with E-state index in [4.69, 9.17) is 15.2 Å². The number of anilines is 2. The van der Waals surface area contributed by atoms with Crippen molar-refractivity contribution >= 4 is 47.7 Å². The Morgan fingerprint density at radius 1 is 1.03 bits per heavy atom. The van der Waals surface area contributed by atoms with Crippen LogP contribution in [0.1, 0.15) is 33.6 Å². The summed E-state index contributed by atoms with van der Waals surface area (Å²) in [6.07, 6.45) is 1.49. The number of hydrogen-bond acceptors (Lipinski definition) is 10. The number of amides is 2. The van der Waals surface area contributed by atoms with Crippen LogP contribution >= 0.6 is 11.9 Å². The first-order valence-corrected chi connectivity index (χ1v) is 13.4. The maximum absolute atomic E-state index is 13.2. The lowest BCUT2D eigenvalue weighted by Crippen LogP contribution is -2.39. The zero-order chi connectivity index (χ0) is 28.5. The Kier molecular flexibility index (Phi) is 14.6. The molecule has 0 aromatic heterocycles. The van der Waals surface area contributed by atoms with E-state index in [1.54, 1.807) is 12.1 Å². The third-order valence-electron chi connectivity index (χ3n) is 5.71. The molecule has 0 aliphatic carbocycles. The Hall–Kier alpha value is -3.45. The summed E-state index contributed by atoms with van der Waals surface area (Å²) >= 11 is 1.51. The van der Waals surface area contributed by atoms with Gasteiger partial charge in [0, 0.05) is 55.4 Å². The number of nitrogens with two attached hydrogens (primary N) is 1. The number of nitrogens with one attached hydrogen (secondary N) is 3. The van der Waals surface area contributed by atoms with Crippen molar-refractivity contribution in [3.63, 3.8) is 0 Å². The van der Waals surface area contributed by atoms with E-state index in [0.29, 0.717) is 57.8 Å². The zero-order valence-corrected chi connectivity index (χ0v) is 23.1. The minimum Gasteiger partial charge on any atom is -0.399 e. The molecule has 212 valence electrons. The van der Waals surface area contributed by atoms with Gasteiger partial charge >= 0.3 is 0 Å². The molecule has 1 atom stereocenters. The van der Waals surface area contributed by atoms with Gasteiger partial charge in [0.2, 0.25) is 5.91 Å². The fourth-order valence-corrected chi connectivity index (χ4v) is 4.13. The lowest BCUT2D eigenvalue weighted by molar-refractivity contribution is -0.121. The molecule has 2 amide bonds. The molecule has 5 N–H and O–H groups in total. The van der Waals surface area contributed by atoms with Gasteiger partial charge in [0.05, 0.1) is 38.0 Å². The summed E-state index contributed by atoms with van der Waals surface area (Å²) in [5.41, 5.74) is 7.22. The fourth-order valence-electron chi connectivity index (χ4n) is 3.50. The van der Waals surface area contributed by atoms with Crippen molar-refractivity contribution in [3.8, 4) is 0 Å². The van der Waals surface area contributed by atoms with Crippen molar-refractivity contribution in [1.82, 2.24) is 14.9 Å². The van der Waals surface area contributed by atoms with Crippen LogP contribution in [0.5, 0.6) is 0 Å². The molecule has 0 bridgehead atoms. The standard InChI is InChI=1S/C27H37N5O6S/c1-29-25(35)11-8-22(19-34)32(2)27(36)26-20(18-33)4-3-5-24(26)30-12-14-37-16-17-38-15-13-31-39-23-9-6-21(28)7-10-23/h3-7,9-10,18-19,22,30-31H,8,11-17,28H2,1-2H3,(H,29,35). The van der Waals surface area contributed by atoms with Crippen LogP contribution in [0.25, 0.3) is 0 Å². The van der Waals surface area contributed by atoms with E-state index >= 15 is 0 Å². The minimum atomic E-state index is -0.808. The van der Waals surface area contributed by atoms with Crippen LogP contribution in [0.3, 0.4) is 0 Å². The minimum absolute atomic E-state index is 0.0953. The molecule has 2 rings (SSSR count). The van der Waals surface area contributed by atoms with Gasteiger partial charge in [-0.2, -0.15) is 0 Å². The lowest BCUT2D eigenvalue weighted by atomic mass is 10.0. The summed E-state index contributed by atoms with van der Waals surface area (Å²) < 4.78 is 14.4. The third-order valence-corrected chi connectivity index (χ3v) is 6.57. The second-order valence-corrected chi connectivity index (χ2v) is 9.40. The monoisotopic (exact) mass is 559 g/mol. The van der Waals surface area contributed by atoms with Crippen molar-refractivity contribution in [2.24, 2.45) is 0 Å². The molecule has 0 heterocycles. The quantitative estimate of drug-likeness (QED) is 0.0870. The number of carbonyl (C=O) groups excluding carboxylic acids is 4.